The van der Waals surface area contributed by atoms with Crippen LogP contribution in [0.2, 0.25) is 0 Å². The van der Waals surface area contributed by atoms with E-state index in [1.807, 2.05) is 174 Å². The van der Waals surface area contributed by atoms with Crippen LogP contribution in [0.3, 0.4) is 0 Å². The second-order valence-corrected chi connectivity index (χ2v) is 21.9. The zero-order valence-electron chi connectivity index (χ0n) is 60.2. The van der Waals surface area contributed by atoms with Crippen molar-refractivity contribution in [2.75, 3.05) is 208 Å². The third-order valence-corrected chi connectivity index (χ3v) is 14.3. The highest BCUT2D eigenvalue weighted by Crippen LogP contribution is 2.20. The van der Waals surface area contributed by atoms with Crippen LogP contribution in [0.5, 0.6) is 23.3 Å². The van der Waals surface area contributed by atoms with Gasteiger partial charge in [-0.25, -0.2) is 27.5 Å². The van der Waals surface area contributed by atoms with Gasteiger partial charge >= 0.3 is 0 Å². The van der Waals surface area contributed by atoms with Gasteiger partial charge < -0.3 is 78.1 Å². The average Bonchev–Trinajstić information content (AvgIpc) is 0.998. The molecule has 0 bridgehead atoms. The summed E-state index contributed by atoms with van der Waals surface area (Å²) >= 11 is 0. The van der Waals surface area contributed by atoms with Crippen molar-refractivity contribution in [3.63, 3.8) is 0 Å². The first-order chi connectivity index (χ1) is 51.3. The first-order valence-electron chi connectivity index (χ1n) is 34.6. The van der Waals surface area contributed by atoms with Crippen LogP contribution in [0.1, 0.15) is 44.5 Å². The maximum absolute atomic E-state index is 11.8. The number of hydrogen-bond acceptors (Lipinski definition) is 18. The quantitative estimate of drug-likeness (QED) is 0.0160. The standard InChI is InChI=1S/2C21H26FNO3.2C20H25FN2O3/c2*1-23-20-8-4-18(5-9-20)2-3-19-6-10-21(11-7-19)26-17-16-25-15-14-24-13-12-22;2*1-22-19-7-4-17(5-8-19)2-3-18-6-9-20(23-16-18)26-15-14-25-13-12-24-11-10-21/h2*2-11,23H,12-17H2,1H3;2*2-9,16,22H,10-15H2,1H3/b4*3-2+/i2*22-1;2*21-1. The minimum atomic E-state index is -0.470. The lowest BCUT2D eigenvalue weighted by Crippen LogP contribution is -2.11. The van der Waals surface area contributed by atoms with E-state index >= 15 is 0 Å². The van der Waals surface area contributed by atoms with Crippen molar-refractivity contribution in [3.8, 4) is 23.3 Å². The third-order valence-electron chi connectivity index (χ3n) is 14.3. The summed E-state index contributed by atoms with van der Waals surface area (Å²) in [6.45, 7) is 5.53. The second-order valence-electron chi connectivity index (χ2n) is 21.9. The molecule has 0 atom stereocenters. The summed E-state index contributed by atoms with van der Waals surface area (Å²) in [5, 5.41) is 12.4. The molecule has 0 amide bonds. The fraction of sp³-hybridized carbons (Fsp3) is 0.341. The van der Waals surface area contributed by atoms with Crippen molar-refractivity contribution in [1.29, 1.82) is 0 Å². The number of rotatable bonds is 48. The Bertz CT molecular complexity index is 3040. The van der Waals surface area contributed by atoms with Crippen LogP contribution in [-0.2, 0) is 37.9 Å². The Hall–Kier alpha value is -9.62. The highest BCUT2D eigenvalue weighted by molar-refractivity contribution is 5.73. The molecule has 0 radical (unpaired) electrons. The zero-order valence-corrected chi connectivity index (χ0v) is 60.2. The topological polar surface area (TPSA) is 185 Å². The normalized spacial score (nSPS) is 11.0. The minimum Gasteiger partial charge on any atom is -0.491 e. The summed E-state index contributed by atoms with van der Waals surface area (Å²) in [7, 11) is 7.61. The van der Waals surface area contributed by atoms with Crippen LogP contribution in [0.15, 0.2) is 182 Å². The average molecular weight is 1440 g/mol. The van der Waals surface area contributed by atoms with Gasteiger partial charge in [-0.15, -0.1) is 0 Å². The fourth-order valence-corrected chi connectivity index (χ4v) is 8.67. The van der Waals surface area contributed by atoms with E-state index in [9.17, 15) is 17.6 Å². The summed E-state index contributed by atoms with van der Waals surface area (Å²) in [5.74, 6) is 2.71. The molecule has 2 aromatic heterocycles. The number of nitrogens with one attached hydrogen (secondary N) is 4. The van der Waals surface area contributed by atoms with E-state index in [4.69, 9.17) is 56.8 Å². The molecule has 0 saturated carbocycles. The van der Waals surface area contributed by atoms with Crippen molar-refractivity contribution >= 4 is 71.4 Å². The Morgan fingerprint density at radius 2 is 0.423 bits per heavy atom. The number of halogens is 4. The molecule has 2 heterocycles. The smallest absolute Gasteiger partial charge is 0.213 e. The van der Waals surface area contributed by atoms with Gasteiger partial charge in [0.1, 0.15) is 64.6 Å². The highest BCUT2D eigenvalue weighted by atomic mass is 18.2. The molecule has 6 aromatic carbocycles. The third kappa shape index (κ3) is 40.3. The van der Waals surface area contributed by atoms with Gasteiger partial charge in [0, 0.05) is 75.5 Å². The van der Waals surface area contributed by atoms with E-state index in [0.717, 1.165) is 78.8 Å². The molecule has 8 rings (SSSR count). The van der Waals surface area contributed by atoms with Crippen molar-refractivity contribution in [3.05, 3.63) is 227 Å². The Labute approximate surface area is 611 Å². The number of pyridine rings is 2. The van der Waals surface area contributed by atoms with Gasteiger partial charge in [-0.1, -0.05) is 121 Å². The number of nitrogens with zero attached hydrogens (tertiary/aromatic N) is 2. The van der Waals surface area contributed by atoms with Crippen molar-refractivity contribution in [1.82, 2.24) is 9.97 Å². The van der Waals surface area contributed by atoms with Crippen LogP contribution < -0.4 is 40.2 Å². The van der Waals surface area contributed by atoms with Gasteiger partial charge in [0.2, 0.25) is 11.8 Å². The summed E-state index contributed by atoms with van der Waals surface area (Å²) in [6, 6.07) is 56.2. The van der Waals surface area contributed by atoms with Crippen molar-refractivity contribution in [2.45, 2.75) is 0 Å². The maximum Gasteiger partial charge on any atom is 0.213 e. The van der Waals surface area contributed by atoms with Crippen LogP contribution in [-0.4, -0.2) is 197 Å². The number of benzene rings is 6. The molecule has 0 fully saturated rings. The van der Waals surface area contributed by atoms with Gasteiger partial charge in [-0.3, -0.25) is 0 Å². The Morgan fingerprint density at radius 1 is 0.231 bits per heavy atom. The van der Waals surface area contributed by atoms with E-state index in [1.54, 1.807) is 12.4 Å². The largest absolute Gasteiger partial charge is 0.491 e. The zero-order chi connectivity index (χ0) is 73.8. The van der Waals surface area contributed by atoms with Gasteiger partial charge in [0.05, 0.1) is 106 Å². The second kappa shape index (κ2) is 56.9. The lowest BCUT2D eigenvalue weighted by Gasteiger charge is -2.07. The molecule has 0 aliphatic rings. The monoisotopic (exact) mass is 1430 g/mol. The first kappa shape index (κ1) is 85.0. The molecule has 8 aromatic rings. The number of aromatic nitrogens is 2. The predicted molar refractivity (Wildman–Crippen MR) is 413 cm³/mol. The molecule has 560 valence electrons. The first-order valence-corrected chi connectivity index (χ1v) is 34.6. The summed E-state index contributed by atoms with van der Waals surface area (Å²) in [6.07, 6.45) is 19.9. The number of ether oxygens (including phenoxy) is 12. The SMILES string of the molecule is CNc1ccc(/C=C/c2ccc(OCCOCCOCC[18F])cc2)cc1.CNc1ccc(/C=C/c2ccc(OCCOCCOCC[18F])cc2)cc1.CNc1ccc(/C=C/c2ccc(OCCOCCOCC[18F])nc2)cc1.CNc1ccc(/C=C/c2ccc(OCCOCCOCC[18F])nc2)cc1. The Kier molecular flexibility index (Phi) is 46.5. The molecule has 104 heavy (non-hydrogen) atoms. The molecule has 0 saturated heterocycles. The lowest BCUT2D eigenvalue weighted by molar-refractivity contribution is 0.0320. The Morgan fingerprint density at radius 3 is 0.635 bits per heavy atom. The molecule has 0 aliphatic heterocycles. The summed E-state index contributed by atoms with van der Waals surface area (Å²) in [4.78, 5) is 8.54. The highest BCUT2D eigenvalue weighted by Gasteiger charge is 2.03. The number of alkyl halides is 4. The summed E-state index contributed by atoms with van der Waals surface area (Å²) in [5.41, 5.74) is 13.1. The molecule has 0 unspecified atom stereocenters. The molecule has 22 heteroatoms. The van der Waals surface area contributed by atoms with Gasteiger partial charge in [-0.2, -0.15) is 0 Å². The Balaban J connectivity index is 0.000000249. The van der Waals surface area contributed by atoms with Crippen LogP contribution in [0, 0.1) is 0 Å². The van der Waals surface area contributed by atoms with Crippen LogP contribution >= 0.6 is 0 Å². The number of hydrogen-bond donors (Lipinski definition) is 4. The van der Waals surface area contributed by atoms with Gasteiger partial charge in [0.15, 0.2) is 0 Å². The van der Waals surface area contributed by atoms with Crippen LogP contribution in [0.4, 0.5) is 40.3 Å². The number of anilines is 4. The molecule has 0 aliphatic carbocycles. The van der Waals surface area contributed by atoms with E-state index in [1.165, 1.54) is 0 Å². The molecule has 18 nitrogen and oxygen atoms in total. The predicted octanol–water partition coefficient (Wildman–Crippen LogP) is 15.9. The molecular weight excluding hydrogens is 1330 g/mol. The van der Waals surface area contributed by atoms with E-state index < -0.39 is 26.7 Å². The molecule has 0 spiro atoms. The lowest BCUT2D eigenvalue weighted by atomic mass is 10.1. The van der Waals surface area contributed by atoms with E-state index in [-0.39, 0.29) is 26.4 Å². The minimum absolute atomic E-state index is 0.117. The maximum atomic E-state index is 11.8. The van der Waals surface area contributed by atoms with Crippen molar-refractivity contribution < 1.29 is 74.4 Å². The van der Waals surface area contributed by atoms with Gasteiger partial charge in [-0.05, 0) is 129 Å². The summed E-state index contributed by atoms with van der Waals surface area (Å²) < 4.78 is 111. The van der Waals surface area contributed by atoms with Gasteiger partial charge in [0.25, 0.3) is 0 Å². The van der Waals surface area contributed by atoms with Crippen molar-refractivity contribution in [2.24, 2.45) is 0 Å². The van der Waals surface area contributed by atoms with E-state index in [2.05, 4.69) is 104 Å². The fourth-order valence-electron chi connectivity index (χ4n) is 8.67. The van der Waals surface area contributed by atoms with E-state index in [0.29, 0.717) is 117 Å². The van der Waals surface area contributed by atoms with Crippen LogP contribution in [0.25, 0.3) is 48.6 Å². The molecular formula is C82H102F4N6O12. The molecule has 4 N–H and O–H groups in total.